The van der Waals surface area contributed by atoms with E-state index >= 15 is 0 Å². The van der Waals surface area contributed by atoms with E-state index < -0.39 is 0 Å². The second kappa shape index (κ2) is 2.45. The van der Waals surface area contributed by atoms with E-state index in [0.29, 0.717) is 5.95 Å². The highest BCUT2D eigenvalue weighted by Crippen LogP contribution is 1.93. The molecule has 11 heavy (non-hydrogen) atoms. The van der Waals surface area contributed by atoms with Crippen LogP contribution in [-0.4, -0.2) is 24.7 Å². The summed E-state index contributed by atoms with van der Waals surface area (Å²) in [7, 11) is 0. The smallest absolute Gasteiger partial charge is 0.236 e. The predicted octanol–water partition coefficient (Wildman–Crippen LogP) is 0.0573. The van der Waals surface area contributed by atoms with Crippen molar-refractivity contribution in [3.05, 3.63) is 31.1 Å². The lowest BCUT2D eigenvalue weighted by molar-refractivity contribution is 0.923. The molecule has 0 saturated carbocycles. The van der Waals surface area contributed by atoms with Crippen molar-refractivity contribution in [2.45, 2.75) is 0 Å². The minimum atomic E-state index is 0.581. The molecule has 2 aromatic rings. The molecule has 0 aliphatic carbocycles. The van der Waals surface area contributed by atoms with E-state index in [1.165, 1.54) is 0 Å². The highest BCUT2D eigenvalue weighted by molar-refractivity contribution is 5.06. The zero-order valence-electron chi connectivity index (χ0n) is 5.62. The van der Waals surface area contributed by atoms with Crippen LogP contribution in [0.2, 0.25) is 0 Å². The van der Waals surface area contributed by atoms with E-state index in [-0.39, 0.29) is 0 Å². The molecule has 0 atom stereocenters. The third-order valence-electron chi connectivity index (χ3n) is 1.20. The fourth-order valence-corrected chi connectivity index (χ4v) is 0.729. The molecule has 0 unspecified atom stereocenters. The van der Waals surface area contributed by atoms with E-state index in [9.17, 15) is 0 Å². The van der Waals surface area contributed by atoms with Gasteiger partial charge in [-0.25, -0.2) is 9.97 Å². The molecule has 0 amide bonds. The largest absolute Gasteiger partial charge is 0.255 e. The van der Waals surface area contributed by atoms with E-state index in [1.807, 2.05) is 0 Å². The van der Waals surface area contributed by atoms with Gasteiger partial charge in [-0.3, -0.25) is 4.57 Å². The average molecular weight is 147 g/mol. The summed E-state index contributed by atoms with van der Waals surface area (Å²) in [6.45, 7) is 0. The maximum atomic E-state index is 3.99. The number of hydrogen-bond acceptors (Lipinski definition) is 4. The minimum Gasteiger partial charge on any atom is -0.255 e. The standard InChI is InChI=1S/C6H5N5/c1-2-7-6(8-3-1)11-4-9-10-5-11/h1-5H. The Kier molecular flexibility index (Phi) is 1.33. The second-order valence-electron chi connectivity index (χ2n) is 1.92. The van der Waals surface area contributed by atoms with Crippen molar-refractivity contribution < 1.29 is 0 Å². The Morgan fingerprint density at radius 1 is 1.00 bits per heavy atom. The molecular formula is C6H5N5. The third kappa shape index (κ3) is 1.07. The van der Waals surface area contributed by atoms with E-state index in [1.54, 1.807) is 35.7 Å². The molecule has 2 rings (SSSR count). The van der Waals surface area contributed by atoms with Crippen LogP contribution >= 0.6 is 0 Å². The molecule has 54 valence electrons. The van der Waals surface area contributed by atoms with Crippen LogP contribution in [0.4, 0.5) is 0 Å². The summed E-state index contributed by atoms with van der Waals surface area (Å²) in [5.74, 6) is 0.581. The molecule has 0 aromatic carbocycles. The fourth-order valence-electron chi connectivity index (χ4n) is 0.729. The van der Waals surface area contributed by atoms with E-state index in [2.05, 4.69) is 20.2 Å². The Balaban J connectivity index is 2.46. The number of aromatic nitrogens is 5. The molecule has 5 nitrogen and oxygen atoms in total. The molecule has 0 fully saturated rings. The molecule has 0 spiro atoms. The Labute approximate surface area is 62.8 Å². The Morgan fingerprint density at radius 2 is 1.64 bits per heavy atom. The van der Waals surface area contributed by atoms with Gasteiger partial charge in [0.15, 0.2) is 0 Å². The molecule has 2 heterocycles. The van der Waals surface area contributed by atoms with Gasteiger partial charge in [-0.05, 0) is 6.07 Å². The molecule has 0 saturated heterocycles. The van der Waals surface area contributed by atoms with Gasteiger partial charge in [-0.2, -0.15) is 0 Å². The molecule has 0 bridgehead atoms. The van der Waals surface area contributed by atoms with Crippen molar-refractivity contribution in [2.24, 2.45) is 0 Å². The first kappa shape index (κ1) is 5.96. The molecule has 0 N–H and O–H groups in total. The zero-order valence-corrected chi connectivity index (χ0v) is 5.62. The van der Waals surface area contributed by atoms with Crippen LogP contribution < -0.4 is 0 Å². The van der Waals surface area contributed by atoms with Crippen molar-refractivity contribution in [2.75, 3.05) is 0 Å². The van der Waals surface area contributed by atoms with Crippen LogP contribution in [0.25, 0.3) is 5.95 Å². The second-order valence-corrected chi connectivity index (χ2v) is 1.92. The van der Waals surface area contributed by atoms with Crippen LogP contribution in [-0.2, 0) is 0 Å². The summed E-state index contributed by atoms with van der Waals surface area (Å²) < 4.78 is 1.64. The first-order valence-corrected chi connectivity index (χ1v) is 3.09. The SMILES string of the molecule is c1cnc(-n2cnnc2)nc1. The summed E-state index contributed by atoms with van der Waals surface area (Å²) in [5.41, 5.74) is 0. The first-order chi connectivity index (χ1) is 5.47. The van der Waals surface area contributed by atoms with Gasteiger partial charge >= 0.3 is 0 Å². The van der Waals surface area contributed by atoms with Crippen LogP contribution in [0.3, 0.4) is 0 Å². The lowest BCUT2D eigenvalue weighted by Gasteiger charge is -1.94. The molecule has 2 aromatic heterocycles. The highest BCUT2D eigenvalue weighted by atomic mass is 15.3. The number of hydrogen-bond donors (Lipinski definition) is 0. The molecule has 0 aliphatic heterocycles. The summed E-state index contributed by atoms with van der Waals surface area (Å²) in [4.78, 5) is 7.99. The van der Waals surface area contributed by atoms with Crippen LogP contribution in [0, 0.1) is 0 Å². The Bertz CT molecular complexity index is 314. The van der Waals surface area contributed by atoms with Crippen molar-refractivity contribution >= 4 is 0 Å². The maximum Gasteiger partial charge on any atom is 0.236 e. The van der Waals surface area contributed by atoms with Crippen molar-refractivity contribution in [1.29, 1.82) is 0 Å². The van der Waals surface area contributed by atoms with Crippen molar-refractivity contribution in [3.8, 4) is 5.95 Å². The first-order valence-electron chi connectivity index (χ1n) is 3.09. The molecule has 0 aliphatic rings. The summed E-state index contributed by atoms with van der Waals surface area (Å²) in [5, 5.41) is 7.26. The fraction of sp³-hybridized carbons (Fsp3) is 0. The van der Waals surface area contributed by atoms with Crippen LogP contribution in [0.15, 0.2) is 31.1 Å². The Hall–Kier alpha value is -1.78. The van der Waals surface area contributed by atoms with E-state index in [4.69, 9.17) is 0 Å². The minimum absolute atomic E-state index is 0.581. The van der Waals surface area contributed by atoms with Gasteiger partial charge in [-0.1, -0.05) is 0 Å². The lowest BCUT2D eigenvalue weighted by Crippen LogP contribution is -1.96. The van der Waals surface area contributed by atoms with Gasteiger partial charge in [0.1, 0.15) is 12.7 Å². The van der Waals surface area contributed by atoms with Gasteiger partial charge in [-0.15, -0.1) is 10.2 Å². The molecule has 0 radical (unpaired) electrons. The summed E-state index contributed by atoms with van der Waals surface area (Å²) >= 11 is 0. The quantitative estimate of drug-likeness (QED) is 0.572. The third-order valence-corrected chi connectivity index (χ3v) is 1.20. The average Bonchev–Trinajstić information content (AvgIpc) is 2.58. The van der Waals surface area contributed by atoms with Gasteiger partial charge in [0, 0.05) is 12.4 Å². The summed E-state index contributed by atoms with van der Waals surface area (Å²) in [6, 6.07) is 1.76. The number of rotatable bonds is 1. The van der Waals surface area contributed by atoms with Gasteiger partial charge in [0.25, 0.3) is 0 Å². The predicted molar refractivity (Wildman–Crippen MR) is 36.9 cm³/mol. The zero-order chi connectivity index (χ0) is 7.52. The Morgan fingerprint density at radius 3 is 2.27 bits per heavy atom. The van der Waals surface area contributed by atoms with Gasteiger partial charge in [0.05, 0.1) is 0 Å². The number of nitrogens with zero attached hydrogens (tertiary/aromatic N) is 5. The topological polar surface area (TPSA) is 56.5 Å². The monoisotopic (exact) mass is 147 g/mol. The molecule has 5 heteroatoms. The van der Waals surface area contributed by atoms with Gasteiger partial charge in [0.2, 0.25) is 5.95 Å². The normalized spacial score (nSPS) is 9.82. The van der Waals surface area contributed by atoms with Crippen molar-refractivity contribution in [1.82, 2.24) is 24.7 Å². The van der Waals surface area contributed by atoms with Gasteiger partial charge < -0.3 is 0 Å². The highest BCUT2D eigenvalue weighted by Gasteiger charge is 1.94. The van der Waals surface area contributed by atoms with Crippen LogP contribution in [0.1, 0.15) is 0 Å². The molecular weight excluding hydrogens is 142 g/mol. The maximum absolute atomic E-state index is 3.99. The van der Waals surface area contributed by atoms with E-state index in [0.717, 1.165) is 0 Å². The van der Waals surface area contributed by atoms with Crippen LogP contribution in [0.5, 0.6) is 0 Å². The summed E-state index contributed by atoms with van der Waals surface area (Å²) in [6.07, 6.45) is 6.44. The lowest BCUT2D eigenvalue weighted by atomic mass is 10.7. The van der Waals surface area contributed by atoms with Crippen molar-refractivity contribution in [3.63, 3.8) is 0 Å².